The predicted molar refractivity (Wildman–Crippen MR) is 142 cm³/mol. The van der Waals surface area contributed by atoms with Crippen LogP contribution in [0.2, 0.25) is 0 Å². The molecule has 0 aliphatic rings. The quantitative estimate of drug-likeness (QED) is 0.314. The molecule has 0 aliphatic carbocycles. The number of nitrogens with one attached hydrogen (secondary N) is 1. The Labute approximate surface area is 211 Å². The van der Waals surface area contributed by atoms with E-state index in [1.54, 1.807) is 18.4 Å². The average molecular weight is 489 g/mol. The van der Waals surface area contributed by atoms with E-state index in [-0.39, 0.29) is 5.91 Å². The SMILES string of the molecule is CCc1cc(-c2nc(-c3cc(C(=O)NCC(C)C)c(C)n3Cc3ccc(OC)cc3)cs2)ccn1. The molecule has 0 unspecified atom stereocenters. The summed E-state index contributed by atoms with van der Waals surface area (Å²) in [6.07, 6.45) is 2.72. The number of ether oxygens (including phenoxy) is 1. The Kier molecular flexibility index (Phi) is 7.66. The van der Waals surface area contributed by atoms with Crippen LogP contribution in [0.25, 0.3) is 22.0 Å². The number of aryl methyl sites for hydroxylation is 1. The van der Waals surface area contributed by atoms with Gasteiger partial charge >= 0.3 is 0 Å². The Morgan fingerprint density at radius 3 is 2.63 bits per heavy atom. The summed E-state index contributed by atoms with van der Waals surface area (Å²) >= 11 is 1.60. The summed E-state index contributed by atoms with van der Waals surface area (Å²) in [6, 6.07) is 14.1. The van der Waals surface area contributed by atoms with Crippen molar-refractivity contribution in [2.24, 2.45) is 5.92 Å². The Morgan fingerprint density at radius 1 is 1.17 bits per heavy atom. The minimum absolute atomic E-state index is 0.0527. The van der Waals surface area contributed by atoms with E-state index in [4.69, 9.17) is 9.72 Å². The molecule has 0 aliphatic heterocycles. The van der Waals surface area contributed by atoms with Gasteiger partial charge in [-0.2, -0.15) is 0 Å². The van der Waals surface area contributed by atoms with Gasteiger partial charge in [0.05, 0.1) is 24.1 Å². The van der Waals surface area contributed by atoms with Crippen molar-refractivity contribution in [1.29, 1.82) is 0 Å². The van der Waals surface area contributed by atoms with Crippen LogP contribution in [0.4, 0.5) is 0 Å². The van der Waals surface area contributed by atoms with E-state index in [1.807, 2.05) is 37.4 Å². The molecule has 0 saturated heterocycles. The molecule has 0 radical (unpaired) electrons. The second kappa shape index (κ2) is 10.9. The van der Waals surface area contributed by atoms with Crippen LogP contribution in [0.1, 0.15) is 48.1 Å². The number of rotatable bonds is 9. The first kappa shape index (κ1) is 24.7. The maximum Gasteiger partial charge on any atom is 0.253 e. The normalized spacial score (nSPS) is 11.1. The van der Waals surface area contributed by atoms with Crippen molar-refractivity contribution >= 4 is 17.2 Å². The first-order valence-corrected chi connectivity index (χ1v) is 12.8. The molecular weight excluding hydrogens is 456 g/mol. The van der Waals surface area contributed by atoms with E-state index in [2.05, 4.69) is 59.2 Å². The standard InChI is InChI=1S/C28H32N4O2S/c1-6-22-13-21(11-12-29-22)28-31-25(17-35-28)26-14-24(27(33)30-15-18(2)3)19(4)32(26)16-20-7-9-23(34-5)10-8-20/h7-14,17-18H,6,15-16H2,1-5H3,(H,30,33). The molecule has 4 rings (SSSR count). The van der Waals surface area contributed by atoms with Crippen molar-refractivity contribution < 1.29 is 9.53 Å². The maximum atomic E-state index is 13.0. The highest BCUT2D eigenvalue weighted by Crippen LogP contribution is 2.32. The van der Waals surface area contributed by atoms with Gasteiger partial charge in [-0.15, -0.1) is 11.3 Å². The van der Waals surface area contributed by atoms with Crippen molar-refractivity contribution in [1.82, 2.24) is 19.9 Å². The van der Waals surface area contributed by atoms with E-state index in [0.717, 1.165) is 51.1 Å². The highest BCUT2D eigenvalue weighted by atomic mass is 32.1. The Balaban J connectivity index is 1.73. The third kappa shape index (κ3) is 5.62. The number of methoxy groups -OCH3 is 1. The van der Waals surface area contributed by atoms with Gasteiger partial charge in [0.1, 0.15) is 10.8 Å². The molecule has 4 aromatic rings. The molecule has 1 amide bonds. The third-order valence-electron chi connectivity index (χ3n) is 5.97. The lowest BCUT2D eigenvalue weighted by molar-refractivity contribution is 0.0948. The number of pyridine rings is 1. The number of thiazole rings is 1. The minimum atomic E-state index is -0.0527. The number of carbonyl (C=O) groups is 1. The van der Waals surface area contributed by atoms with Crippen LogP contribution in [0.15, 0.2) is 54.0 Å². The lowest BCUT2D eigenvalue weighted by atomic mass is 10.2. The monoisotopic (exact) mass is 488 g/mol. The average Bonchev–Trinajstić information content (AvgIpc) is 3.48. The molecule has 0 fully saturated rings. The zero-order valence-electron chi connectivity index (χ0n) is 21.0. The van der Waals surface area contributed by atoms with E-state index >= 15 is 0 Å². The largest absolute Gasteiger partial charge is 0.497 e. The van der Waals surface area contributed by atoms with Gasteiger partial charge in [-0.3, -0.25) is 9.78 Å². The summed E-state index contributed by atoms with van der Waals surface area (Å²) in [4.78, 5) is 22.4. The highest BCUT2D eigenvalue weighted by molar-refractivity contribution is 7.13. The highest BCUT2D eigenvalue weighted by Gasteiger charge is 2.21. The zero-order valence-corrected chi connectivity index (χ0v) is 21.8. The molecule has 1 aromatic carbocycles. The number of nitrogens with zero attached hydrogens (tertiary/aromatic N) is 3. The fourth-order valence-corrected chi connectivity index (χ4v) is 4.74. The van der Waals surface area contributed by atoms with Gasteiger partial charge in [-0.05, 0) is 55.2 Å². The van der Waals surface area contributed by atoms with Gasteiger partial charge in [0.25, 0.3) is 5.91 Å². The zero-order chi connectivity index (χ0) is 24.9. The fraction of sp³-hybridized carbons (Fsp3) is 0.321. The smallest absolute Gasteiger partial charge is 0.253 e. The molecule has 0 spiro atoms. The molecule has 1 N–H and O–H groups in total. The van der Waals surface area contributed by atoms with Crippen LogP contribution in [-0.4, -0.2) is 34.1 Å². The van der Waals surface area contributed by atoms with Crippen LogP contribution < -0.4 is 10.1 Å². The fourth-order valence-electron chi connectivity index (χ4n) is 3.93. The van der Waals surface area contributed by atoms with Crippen molar-refractivity contribution in [2.45, 2.75) is 40.7 Å². The van der Waals surface area contributed by atoms with E-state index in [1.165, 1.54) is 0 Å². The van der Waals surface area contributed by atoms with Crippen LogP contribution in [0.3, 0.4) is 0 Å². The second-order valence-electron chi connectivity index (χ2n) is 8.99. The number of amides is 1. The van der Waals surface area contributed by atoms with Gasteiger partial charge < -0.3 is 14.6 Å². The van der Waals surface area contributed by atoms with Crippen molar-refractivity contribution in [3.63, 3.8) is 0 Å². The van der Waals surface area contributed by atoms with Crippen LogP contribution in [0, 0.1) is 12.8 Å². The lowest BCUT2D eigenvalue weighted by Gasteiger charge is -2.12. The van der Waals surface area contributed by atoms with Crippen LogP contribution in [0.5, 0.6) is 5.75 Å². The molecule has 3 aromatic heterocycles. The number of hydrogen-bond acceptors (Lipinski definition) is 5. The summed E-state index contributed by atoms with van der Waals surface area (Å²) in [6.45, 7) is 9.55. The van der Waals surface area contributed by atoms with Gasteiger partial charge in [0.15, 0.2) is 0 Å². The van der Waals surface area contributed by atoms with E-state index < -0.39 is 0 Å². The summed E-state index contributed by atoms with van der Waals surface area (Å²) in [5.41, 5.74) is 6.62. The molecule has 6 nitrogen and oxygen atoms in total. The van der Waals surface area contributed by atoms with Gasteiger partial charge in [-0.25, -0.2) is 4.98 Å². The molecule has 182 valence electrons. The number of aromatic nitrogens is 3. The van der Waals surface area contributed by atoms with Crippen LogP contribution >= 0.6 is 11.3 Å². The molecule has 35 heavy (non-hydrogen) atoms. The van der Waals surface area contributed by atoms with Crippen LogP contribution in [-0.2, 0) is 13.0 Å². The van der Waals surface area contributed by atoms with Gasteiger partial charge in [-0.1, -0.05) is 32.9 Å². The Morgan fingerprint density at radius 2 is 1.94 bits per heavy atom. The van der Waals surface area contributed by atoms with Crippen molar-refractivity contribution in [2.75, 3.05) is 13.7 Å². The lowest BCUT2D eigenvalue weighted by Crippen LogP contribution is -2.27. The molecule has 3 heterocycles. The number of benzene rings is 1. The topological polar surface area (TPSA) is 69.0 Å². The third-order valence-corrected chi connectivity index (χ3v) is 6.87. The molecule has 7 heteroatoms. The molecule has 0 saturated carbocycles. The predicted octanol–water partition coefficient (Wildman–Crippen LogP) is 5.99. The maximum absolute atomic E-state index is 13.0. The summed E-state index contributed by atoms with van der Waals surface area (Å²) in [5, 5.41) is 6.07. The second-order valence-corrected chi connectivity index (χ2v) is 9.85. The summed E-state index contributed by atoms with van der Waals surface area (Å²) < 4.78 is 7.48. The van der Waals surface area contributed by atoms with Gasteiger partial charge in [0, 0.05) is 41.6 Å². The summed E-state index contributed by atoms with van der Waals surface area (Å²) in [7, 11) is 1.66. The number of hydrogen-bond donors (Lipinski definition) is 1. The first-order chi connectivity index (χ1) is 16.9. The molecule has 0 atom stereocenters. The van der Waals surface area contributed by atoms with Gasteiger partial charge in [0.2, 0.25) is 0 Å². The molecular formula is C28H32N4O2S. The van der Waals surface area contributed by atoms with Crippen molar-refractivity contribution in [3.05, 3.63) is 76.6 Å². The Hall–Kier alpha value is -3.45. The Bertz CT molecular complexity index is 1310. The first-order valence-electron chi connectivity index (χ1n) is 11.9. The van der Waals surface area contributed by atoms with E-state index in [9.17, 15) is 4.79 Å². The minimum Gasteiger partial charge on any atom is -0.497 e. The van der Waals surface area contributed by atoms with Crippen molar-refractivity contribution in [3.8, 4) is 27.7 Å². The van der Waals surface area contributed by atoms with E-state index in [0.29, 0.717) is 24.6 Å². The molecule has 0 bridgehead atoms. The summed E-state index contributed by atoms with van der Waals surface area (Å²) in [5.74, 6) is 1.15. The number of carbonyl (C=O) groups excluding carboxylic acids is 1.